The van der Waals surface area contributed by atoms with Gasteiger partial charge in [-0.15, -0.1) is 0 Å². The van der Waals surface area contributed by atoms with E-state index in [-0.39, 0.29) is 21.7 Å². The maximum Gasteiger partial charge on any atom is 0.141 e. The largest absolute Gasteiger partial charge is 0.456 e. The molecule has 9 aromatic carbocycles. The van der Waals surface area contributed by atoms with Crippen LogP contribution in [-0.4, -0.2) is 0 Å². The summed E-state index contributed by atoms with van der Waals surface area (Å²) in [5.41, 5.74) is 25.4. The van der Waals surface area contributed by atoms with Crippen molar-refractivity contribution >= 4 is 78.0 Å². The van der Waals surface area contributed by atoms with Gasteiger partial charge in [0.15, 0.2) is 0 Å². The Morgan fingerprint density at radius 3 is 1.10 bits per heavy atom. The Morgan fingerprint density at radius 1 is 0.300 bits per heavy atom. The van der Waals surface area contributed by atoms with Gasteiger partial charge in [-0.05, 0) is 128 Å². The van der Waals surface area contributed by atoms with Crippen LogP contribution in [0.5, 0.6) is 0 Å². The summed E-state index contributed by atoms with van der Waals surface area (Å²) < 4.78 is 14.5. The van der Waals surface area contributed by atoms with Crippen molar-refractivity contribution in [2.75, 3.05) is 9.80 Å². The first-order valence-corrected chi connectivity index (χ1v) is 24.9. The molecule has 0 saturated heterocycles. The summed E-state index contributed by atoms with van der Waals surface area (Å²) >= 11 is 0. The second kappa shape index (κ2) is 13.1. The molecule has 0 fully saturated rings. The zero-order valence-corrected chi connectivity index (χ0v) is 40.9. The summed E-state index contributed by atoms with van der Waals surface area (Å²) in [4.78, 5) is 4.94. The Bertz CT molecular complexity index is 3890. The maximum atomic E-state index is 7.24. The number of fused-ring (bicyclic) bond motifs is 18. The van der Waals surface area contributed by atoms with Crippen LogP contribution in [0.1, 0.15) is 99.9 Å². The summed E-state index contributed by atoms with van der Waals surface area (Å²) in [6, 6.07) is 63.4. The van der Waals surface area contributed by atoms with Gasteiger partial charge in [0.2, 0.25) is 0 Å². The third-order valence-electron chi connectivity index (χ3n) is 17.4. The number of anilines is 6. The Balaban J connectivity index is 0.904. The quantitative estimate of drug-likeness (QED) is 0.173. The van der Waals surface area contributed by atoms with Gasteiger partial charge in [0.25, 0.3) is 0 Å². The number of hydrogen-bond acceptors (Lipinski definition) is 4. The standard InChI is InChI=1S/C66H52N2O2/c1-63(2)47-19-11-9-17-39(47)41-27-25-37(33-51(41)63)67-53-23-15-13-21-49(53)65(5,6)59-55(67)31-29-43-45-35-58-46(36-57(45)69-61(43)59)44-30-32-56-60(62(44)70-58)66(7,8)50-22-14-16-24-54(50)68(56)38-26-28-42-40-18-10-12-20-48(40)64(3,4)52(42)34-38/h9-36H,1-8H3. The van der Waals surface area contributed by atoms with E-state index in [0.717, 1.165) is 66.6 Å². The van der Waals surface area contributed by atoms with Crippen molar-refractivity contribution in [1.29, 1.82) is 0 Å². The predicted octanol–water partition coefficient (Wildman–Crippen LogP) is 18.3. The summed E-state index contributed by atoms with van der Waals surface area (Å²) in [7, 11) is 0. The predicted molar refractivity (Wildman–Crippen MR) is 290 cm³/mol. The summed E-state index contributed by atoms with van der Waals surface area (Å²) in [6.45, 7) is 18.8. The molecule has 2 aliphatic carbocycles. The number of benzene rings is 9. The van der Waals surface area contributed by atoms with Crippen LogP contribution < -0.4 is 9.80 Å². The van der Waals surface area contributed by atoms with Gasteiger partial charge in [-0.2, -0.15) is 0 Å². The Kier molecular flexibility index (Phi) is 7.49. The molecule has 4 nitrogen and oxygen atoms in total. The fraction of sp³-hybridized carbons (Fsp3) is 0.182. The molecule has 338 valence electrons. The van der Waals surface area contributed by atoms with E-state index >= 15 is 0 Å². The lowest BCUT2D eigenvalue weighted by atomic mass is 9.72. The molecule has 0 N–H and O–H groups in total. The maximum absolute atomic E-state index is 7.24. The smallest absolute Gasteiger partial charge is 0.141 e. The molecule has 2 aromatic heterocycles. The topological polar surface area (TPSA) is 32.8 Å². The van der Waals surface area contributed by atoms with Crippen molar-refractivity contribution in [3.05, 3.63) is 214 Å². The van der Waals surface area contributed by atoms with E-state index in [2.05, 4.69) is 235 Å². The molecule has 0 saturated carbocycles. The van der Waals surface area contributed by atoms with Gasteiger partial charge >= 0.3 is 0 Å². The molecular formula is C66H52N2O2. The Labute approximate surface area is 408 Å². The van der Waals surface area contributed by atoms with Gasteiger partial charge in [0.1, 0.15) is 22.3 Å². The van der Waals surface area contributed by atoms with Crippen molar-refractivity contribution in [3.63, 3.8) is 0 Å². The first kappa shape index (κ1) is 40.1. The highest BCUT2D eigenvalue weighted by atomic mass is 16.3. The van der Waals surface area contributed by atoms with Gasteiger partial charge in [-0.25, -0.2) is 0 Å². The molecule has 11 aromatic rings. The van der Waals surface area contributed by atoms with Gasteiger partial charge in [-0.3, -0.25) is 0 Å². The average Bonchev–Trinajstić information content (AvgIpc) is 4.05. The SMILES string of the molecule is CC1(C)c2ccccc2-c2ccc(N3c4ccccc4C(C)(C)c4c3ccc3c4oc4cc5c(cc43)oc3c4c(ccc35)N(c3ccc5c(c3)C(C)(C)c3ccccc3-5)c3ccccc3C4(C)C)cc21. The number of nitrogens with zero attached hydrogens (tertiary/aromatic N) is 2. The lowest BCUT2D eigenvalue weighted by Crippen LogP contribution is -2.31. The zero-order valence-electron chi connectivity index (χ0n) is 40.9. The van der Waals surface area contributed by atoms with Crippen molar-refractivity contribution in [1.82, 2.24) is 0 Å². The Morgan fingerprint density at radius 2 is 0.671 bits per heavy atom. The molecule has 4 heteroatoms. The lowest BCUT2D eigenvalue weighted by Gasteiger charge is -2.42. The molecule has 4 heterocycles. The van der Waals surface area contributed by atoms with Crippen LogP contribution in [0.15, 0.2) is 179 Å². The molecule has 4 aliphatic rings. The Hall–Kier alpha value is -7.82. The molecule has 2 aliphatic heterocycles. The molecule has 70 heavy (non-hydrogen) atoms. The third-order valence-corrected chi connectivity index (χ3v) is 17.4. The monoisotopic (exact) mass is 904 g/mol. The molecule has 0 radical (unpaired) electrons. The zero-order chi connectivity index (χ0) is 47.4. The molecular weight excluding hydrogens is 853 g/mol. The molecule has 0 amide bonds. The van der Waals surface area contributed by atoms with Gasteiger partial charge < -0.3 is 18.6 Å². The summed E-state index contributed by atoms with van der Waals surface area (Å²) in [6.07, 6.45) is 0. The molecule has 0 unspecified atom stereocenters. The van der Waals surface area contributed by atoms with Crippen LogP contribution in [0.2, 0.25) is 0 Å². The highest BCUT2D eigenvalue weighted by Gasteiger charge is 2.44. The fourth-order valence-corrected chi connectivity index (χ4v) is 13.9. The molecule has 15 rings (SSSR count). The lowest BCUT2D eigenvalue weighted by molar-refractivity contribution is 0.600. The highest BCUT2D eigenvalue weighted by molar-refractivity contribution is 6.17. The second-order valence-electron chi connectivity index (χ2n) is 22.5. The highest BCUT2D eigenvalue weighted by Crippen LogP contribution is 2.59. The average molecular weight is 905 g/mol. The number of rotatable bonds is 2. The second-order valence-corrected chi connectivity index (χ2v) is 22.5. The summed E-state index contributed by atoms with van der Waals surface area (Å²) in [5.74, 6) is 0. The van der Waals surface area contributed by atoms with Crippen molar-refractivity contribution in [2.24, 2.45) is 0 Å². The van der Waals surface area contributed by atoms with Gasteiger partial charge in [0, 0.05) is 65.7 Å². The minimum atomic E-state index is -0.348. The molecule has 0 atom stereocenters. The van der Waals surface area contributed by atoms with Crippen LogP contribution in [0.3, 0.4) is 0 Å². The van der Waals surface area contributed by atoms with Crippen LogP contribution in [-0.2, 0) is 21.7 Å². The molecule has 0 bridgehead atoms. The first-order chi connectivity index (χ1) is 33.7. The molecule has 0 spiro atoms. The number of hydrogen-bond donors (Lipinski definition) is 0. The van der Waals surface area contributed by atoms with Crippen LogP contribution in [0.25, 0.3) is 66.1 Å². The van der Waals surface area contributed by atoms with E-state index in [1.807, 2.05) is 0 Å². The normalized spacial score (nSPS) is 17.0. The van der Waals surface area contributed by atoms with E-state index < -0.39 is 0 Å². The van der Waals surface area contributed by atoms with Crippen molar-refractivity contribution in [3.8, 4) is 22.3 Å². The van der Waals surface area contributed by atoms with Crippen LogP contribution in [0.4, 0.5) is 34.1 Å². The van der Waals surface area contributed by atoms with E-state index in [1.165, 1.54) is 78.1 Å². The number of furan rings is 2. The third kappa shape index (κ3) is 4.86. The van der Waals surface area contributed by atoms with Gasteiger partial charge in [-0.1, -0.05) is 152 Å². The van der Waals surface area contributed by atoms with E-state index in [4.69, 9.17) is 8.83 Å². The minimum Gasteiger partial charge on any atom is -0.456 e. The number of para-hydroxylation sites is 2. The minimum absolute atomic E-state index is 0.116. The summed E-state index contributed by atoms with van der Waals surface area (Å²) in [5, 5.41) is 4.31. The van der Waals surface area contributed by atoms with Gasteiger partial charge in [0.05, 0.1) is 22.7 Å². The first-order valence-electron chi connectivity index (χ1n) is 24.9. The van der Waals surface area contributed by atoms with Crippen molar-refractivity contribution in [2.45, 2.75) is 77.0 Å². The van der Waals surface area contributed by atoms with E-state index in [0.29, 0.717) is 0 Å². The van der Waals surface area contributed by atoms with Crippen LogP contribution >= 0.6 is 0 Å². The van der Waals surface area contributed by atoms with Crippen LogP contribution in [0, 0.1) is 0 Å². The fourth-order valence-electron chi connectivity index (χ4n) is 13.9. The van der Waals surface area contributed by atoms with E-state index in [9.17, 15) is 0 Å². The van der Waals surface area contributed by atoms with E-state index in [1.54, 1.807) is 0 Å². The van der Waals surface area contributed by atoms with Crippen molar-refractivity contribution < 1.29 is 8.83 Å².